The summed E-state index contributed by atoms with van der Waals surface area (Å²) in [7, 11) is -3.55. The molecule has 1 saturated carbocycles. The Kier molecular flexibility index (Phi) is 6.73. The van der Waals surface area contributed by atoms with Gasteiger partial charge in [-0.05, 0) is 36.5 Å². The van der Waals surface area contributed by atoms with Crippen LogP contribution in [-0.2, 0) is 16.6 Å². The van der Waals surface area contributed by atoms with Gasteiger partial charge in [-0.1, -0.05) is 61.7 Å². The number of anilines is 1. The van der Waals surface area contributed by atoms with Crippen LogP contribution < -0.4 is 9.62 Å². The van der Waals surface area contributed by atoms with E-state index in [-0.39, 0.29) is 12.5 Å². The molecule has 150 valence electrons. The molecule has 3 rings (SSSR count). The van der Waals surface area contributed by atoms with Gasteiger partial charge in [0.1, 0.15) is 0 Å². The molecular formula is C22H28N2O3S. The largest absolute Gasteiger partial charge is 0.352 e. The zero-order valence-corrected chi connectivity index (χ0v) is 17.1. The van der Waals surface area contributed by atoms with Gasteiger partial charge in [0.2, 0.25) is 10.0 Å². The van der Waals surface area contributed by atoms with Crippen molar-refractivity contribution in [3.8, 4) is 0 Å². The fraction of sp³-hybridized carbons (Fsp3) is 0.409. The van der Waals surface area contributed by atoms with Gasteiger partial charge in [0.05, 0.1) is 24.1 Å². The molecule has 1 N–H and O–H groups in total. The summed E-state index contributed by atoms with van der Waals surface area (Å²) in [4.78, 5) is 12.9. The standard InChI is InChI=1S/C22H28N2O3S/c1-28(26,27)24(17-19-12-6-3-7-13-19)21-15-9-8-14-20(21)22(25)23-16-18-10-4-2-5-11-18/h3,6-9,12-15,18H,2,4-5,10-11,16-17H2,1H3,(H,23,25). The molecule has 1 aliphatic carbocycles. The molecule has 0 spiro atoms. The number of carbonyl (C=O) groups is 1. The monoisotopic (exact) mass is 400 g/mol. The number of para-hydroxylation sites is 1. The zero-order chi connectivity index (χ0) is 20.0. The molecule has 2 aromatic rings. The predicted octanol–water partition coefficient (Wildman–Crippen LogP) is 3.96. The van der Waals surface area contributed by atoms with Crippen molar-refractivity contribution in [3.05, 3.63) is 65.7 Å². The van der Waals surface area contributed by atoms with Gasteiger partial charge in [-0.25, -0.2) is 8.42 Å². The Balaban J connectivity index is 1.82. The van der Waals surface area contributed by atoms with E-state index in [0.29, 0.717) is 23.7 Å². The van der Waals surface area contributed by atoms with E-state index in [0.717, 1.165) is 18.4 Å². The molecule has 0 aliphatic heterocycles. The lowest BCUT2D eigenvalue weighted by Crippen LogP contribution is -2.34. The lowest BCUT2D eigenvalue weighted by molar-refractivity contribution is 0.0944. The summed E-state index contributed by atoms with van der Waals surface area (Å²) in [6.07, 6.45) is 7.17. The highest BCUT2D eigenvalue weighted by Gasteiger charge is 2.24. The molecular weight excluding hydrogens is 372 g/mol. The first-order valence-corrected chi connectivity index (χ1v) is 11.7. The fourth-order valence-corrected chi connectivity index (χ4v) is 4.64. The smallest absolute Gasteiger partial charge is 0.253 e. The minimum absolute atomic E-state index is 0.187. The van der Waals surface area contributed by atoms with E-state index in [1.807, 2.05) is 30.3 Å². The van der Waals surface area contributed by atoms with Gasteiger partial charge in [-0.2, -0.15) is 0 Å². The lowest BCUT2D eigenvalue weighted by atomic mass is 9.89. The number of hydrogen-bond acceptors (Lipinski definition) is 3. The first-order valence-electron chi connectivity index (χ1n) is 9.84. The highest BCUT2D eigenvalue weighted by atomic mass is 32.2. The highest BCUT2D eigenvalue weighted by Crippen LogP contribution is 2.26. The Morgan fingerprint density at radius 1 is 1.00 bits per heavy atom. The van der Waals surface area contributed by atoms with Crippen LogP contribution in [0, 0.1) is 5.92 Å². The van der Waals surface area contributed by atoms with E-state index < -0.39 is 10.0 Å². The van der Waals surface area contributed by atoms with Crippen molar-refractivity contribution < 1.29 is 13.2 Å². The van der Waals surface area contributed by atoms with Crippen molar-refractivity contribution in [2.45, 2.75) is 38.6 Å². The van der Waals surface area contributed by atoms with E-state index in [4.69, 9.17) is 0 Å². The maximum absolute atomic E-state index is 12.9. The minimum Gasteiger partial charge on any atom is -0.352 e. The Hall–Kier alpha value is -2.34. The third kappa shape index (κ3) is 5.35. The number of sulfonamides is 1. The van der Waals surface area contributed by atoms with Crippen LogP contribution in [0.4, 0.5) is 5.69 Å². The van der Waals surface area contributed by atoms with E-state index in [2.05, 4.69) is 5.32 Å². The van der Waals surface area contributed by atoms with Crippen molar-refractivity contribution in [1.29, 1.82) is 0 Å². The summed E-state index contributed by atoms with van der Waals surface area (Å²) in [5.41, 5.74) is 1.67. The molecule has 2 aromatic carbocycles. The van der Waals surface area contributed by atoms with Crippen LogP contribution in [-0.4, -0.2) is 27.1 Å². The Bertz CT molecular complexity index is 891. The Labute approximate surface area is 167 Å². The first-order chi connectivity index (χ1) is 13.4. The van der Waals surface area contributed by atoms with Crippen molar-refractivity contribution >= 4 is 21.6 Å². The molecule has 0 saturated heterocycles. The zero-order valence-electron chi connectivity index (χ0n) is 16.3. The van der Waals surface area contributed by atoms with Crippen LogP contribution >= 0.6 is 0 Å². The Morgan fingerprint density at radius 2 is 1.64 bits per heavy atom. The van der Waals surface area contributed by atoms with Gasteiger partial charge < -0.3 is 5.32 Å². The van der Waals surface area contributed by atoms with Crippen molar-refractivity contribution in [2.75, 3.05) is 17.1 Å². The van der Waals surface area contributed by atoms with Gasteiger partial charge in [-0.15, -0.1) is 0 Å². The quantitative estimate of drug-likeness (QED) is 0.765. The normalized spacial score (nSPS) is 15.2. The van der Waals surface area contributed by atoms with Gasteiger partial charge in [0, 0.05) is 6.54 Å². The fourth-order valence-electron chi connectivity index (χ4n) is 3.74. The Morgan fingerprint density at radius 3 is 2.32 bits per heavy atom. The van der Waals surface area contributed by atoms with E-state index in [9.17, 15) is 13.2 Å². The van der Waals surface area contributed by atoms with Gasteiger partial charge in [-0.3, -0.25) is 9.10 Å². The third-order valence-corrected chi connectivity index (χ3v) is 6.39. The van der Waals surface area contributed by atoms with Crippen molar-refractivity contribution in [1.82, 2.24) is 5.32 Å². The van der Waals surface area contributed by atoms with E-state index >= 15 is 0 Å². The molecule has 28 heavy (non-hydrogen) atoms. The summed E-state index contributed by atoms with van der Waals surface area (Å²) >= 11 is 0. The van der Waals surface area contributed by atoms with Crippen molar-refractivity contribution in [3.63, 3.8) is 0 Å². The van der Waals surface area contributed by atoms with Crippen LogP contribution in [0.15, 0.2) is 54.6 Å². The SMILES string of the molecule is CS(=O)(=O)N(Cc1ccccc1)c1ccccc1C(=O)NCC1CCCCC1. The molecule has 0 radical (unpaired) electrons. The summed E-state index contributed by atoms with van der Waals surface area (Å²) in [5, 5.41) is 3.02. The highest BCUT2D eigenvalue weighted by molar-refractivity contribution is 7.92. The molecule has 6 heteroatoms. The lowest BCUT2D eigenvalue weighted by Gasteiger charge is -2.25. The summed E-state index contributed by atoms with van der Waals surface area (Å²) in [6, 6.07) is 16.3. The average Bonchev–Trinajstić information content (AvgIpc) is 2.71. The van der Waals surface area contributed by atoms with Crippen LogP contribution in [0.2, 0.25) is 0 Å². The van der Waals surface area contributed by atoms with E-state index in [1.165, 1.54) is 29.8 Å². The average molecular weight is 401 g/mol. The topological polar surface area (TPSA) is 66.5 Å². The molecule has 1 fully saturated rings. The maximum atomic E-state index is 12.9. The molecule has 5 nitrogen and oxygen atoms in total. The van der Waals surface area contributed by atoms with Crippen molar-refractivity contribution in [2.24, 2.45) is 5.92 Å². The van der Waals surface area contributed by atoms with E-state index in [1.54, 1.807) is 24.3 Å². The van der Waals surface area contributed by atoms with Gasteiger partial charge in [0.15, 0.2) is 0 Å². The van der Waals surface area contributed by atoms with Crippen LogP contribution in [0.25, 0.3) is 0 Å². The van der Waals surface area contributed by atoms with Gasteiger partial charge >= 0.3 is 0 Å². The number of hydrogen-bond donors (Lipinski definition) is 1. The minimum atomic E-state index is -3.55. The molecule has 1 aliphatic rings. The molecule has 0 heterocycles. The third-order valence-electron chi connectivity index (χ3n) is 5.26. The summed E-state index contributed by atoms with van der Waals surface area (Å²) < 4.78 is 26.3. The maximum Gasteiger partial charge on any atom is 0.253 e. The molecule has 0 unspecified atom stereocenters. The number of nitrogens with zero attached hydrogens (tertiary/aromatic N) is 1. The second kappa shape index (κ2) is 9.24. The molecule has 0 aromatic heterocycles. The molecule has 0 atom stereocenters. The first kappa shape index (κ1) is 20.4. The second-order valence-corrected chi connectivity index (χ2v) is 9.39. The number of nitrogens with one attached hydrogen (secondary N) is 1. The predicted molar refractivity (Wildman–Crippen MR) is 113 cm³/mol. The van der Waals surface area contributed by atoms with Crippen LogP contribution in [0.5, 0.6) is 0 Å². The number of rotatable bonds is 7. The van der Waals surface area contributed by atoms with Crippen LogP contribution in [0.3, 0.4) is 0 Å². The molecule has 1 amide bonds. The second-order valence-electron chi connectivity index (χ2n) is 7.49. The summed E-state index contributed by atoms with van der Waals surface area (Å²) in [5.74, 6) is 0.295. The number of carbonyl (C=O) groups excluding carboxylic acids is 1. The number of benzene rings is 2. The van der Waals surface area contributed by atoms with Crippen LogP contribution in [0.1, 0.15) is 48.0 Å². The number of amides is 1. The van der Waals surface area contributed by atoms with Gasteiger partial charge in [0.25, 0.3) is 5.91 Å². The molecule has 0 bridgehead atoms. The summed E-state index contributed by atoms with van der Waals surface area (Å²) in [6.45, 7) is 0.831.